The van der Waals surface area contributed by atoms with Crippen LogP contribution in [0.5, 0.6) is 0 Å². The number of rotatable bonds is 6. The highest BCUT2D eigenvalue weighted by atomic mass is 16.1. The van der Waals surface area contributed by atoms with Gasteiger partial charge in [0.25, 0.3) is 0 Å². The van der Waals surface area contributed by atoms with E-state index in [0.29, 0.717) is 6.04 Å². The molecule has 0 aromatic heterocycles. The molecular formula is C14H29N3O. The molecule has 1 unspecified atom stereocenters. The number of likely N-dealkylation sites (tertiary alicyclic amines) is 1. The van der Waals surface area contributed by atoms with Crippen molar-refractivity contribution in [3.8, 4) is 0 Å². The summed E-state index contributed by atoms with van der Waals surface area (Å²) in [6.07, 6.45) is 2.18. The molecule has 1 atom stereocenters. The van der Waals surface area contributed by atoms with Gasteiger partial charge in [0.05, 0.1) is 0 Å². The van der Waals surface area contributed by atoms with Gasteiger partial charge in [-0.05, 0) is 25.8 Å². The molecule has 18 heavy (non-hydrogen) atoms. The number of carbonyl (C=O) groups is 1. The standard InChI is InChI=1S/C14H29N3O/c1-11(2)10-17-7-5-13(6-8-17)16-14(18)12(3)9-15-4/h11-13,15H,5-10H2,1-4H3,(H,16,18). The van der Waals surface area contributed by atoms with Gasteiger partial charge in [-0.1, -0.05) is 20.8 Å². The van der Waals surface area contributed by atoms with Crippen molar-refractivity contribution in [2.45, 2.75) is 39.7 Å². The molecule has 0 bridgehead atoms. The Balaban J connectivity index is 2.24. The molecule has 1 heterocycles. The largest absolute Gasteiger partial charge is 0.353 e. The minimum atomic E-state index is 0.0590. The highest BCUT2D eigenvalue weighted by Crippen LogP contribution is 2.12. The first-order valence-electron chi connectivity index (χ1n) is 7.20. The van der Waals surface area contributed by atoms with Gasteiger partial charge < -0.3 is 15.5 Å². The molecule has 1 rings (SSSR count). The molecule has 106 valence electrons. The first-order chi connectivity index (χ1) is 8.52. The van der Waals surface area contributed by atoms with Crippen LogP contribution in [0.1, 0.15) is 33.6 Å². The van der Waals surface area contributed by atoms with E-state index in [4.69, 9.17) is 0 Å². The summed E-state index contributed by atoms with van der Waals surface area (Å²) in [5.41, 5.74) is 0. The Morgan fingerprint density at radius 1 is 1.28 bits per heavy atom. The Labute approximate surface area is 111 Å². The average Bonchev–Trinajstić information content (AvgIpc) is 2.31. The highest BCUT2D eigenvalue weighted by Gasteiger charge is 2.22. The zero-order valence-corrected chi connectivity index (χ0v) is 12.3. The van der Waals surface area contributed by atoms with Gasteiger partial charge in [0, 0.05) is 38.1 Å². The second-order valence-electron chi connectivity index (χ2n) is 5.94. The molecule has 4 heteroatoms. The molecule has 0 aromatic carbocycles. The maximum atomic E-state index is 11.9. The van der Waals surface area contributed by atoms with Gasteiger partial charge >= 0.3 is 0 Å². The van der Waals surface area contributed by atoms with Crippen LogP contribution in [0, 0.1) is 11.8 Å². The lowest BCUT2D eigenvalue weighted by atomic mass is 10.0. The maximum Gasteiger partial charge on any atom is 0.224 e. The fourth-order valence-electron chi connectivity index (χ4n) is 2.52. The molecule has 0 aromatic rings. The van der Waals surface area contributed by atoms with E-state index in [0.717, 1.165) is 38.4 Å². The molecule has 0 aliphatic carbocycles. The van der Waals surface area contributed by atoms with Gasteiger partial charge in [-0.3, -0.25) is 4.79 Å². The molecule has 4 nitrogen and oxygen atoms in total. The monoisotopic (exact) mass is 255 g/mol. The van der Waals surface area contributed by atoms with Gasteiger partial charge in [-0.25, -0.2) is 0 Å². The Bertz CT molecular complexity index is 247. The molecule has 0 radical (unpaired) electrons. The maximum absolute atomic E-state index is 11.9. The first kappa shape index (κ1) is 15.4. The van der Waals surface area contributed by atoms with Crippen LogP contribution >= 0.6 is 0 Å². The summed E-state index contributed by atoms with van der Waals surface area (Å²) in [7, 11) is 1.88. The number of hydrogen-bond acceptors (Lipinski definition) is 3. The lowest BCUT2D eigenvalue weighted by Gasteiger charge is -2.33. The highest BCUT2D eigenvalue weighted by molar-refractivity contribution is 5.78. The lowest BCUT2D eigenvalue weighted by Crippen LogP contribution is -2.47. The van der Waals surface area contributed by atoms with Crippen LogP contribution in [0.15, 0.2) is 0 Å². The van der Waals surface area contributed by atoms with Crippen molar-refractivity contribution < 1.29 is 4.79 Å². The minimum absolute atomic E-state index is 0.0590. The third-order valence-electron chi connectivity index (χ3n) is 3.52. The molecule has 1 aliphatic heterocycles. The molecule has 0 saturated carbocycles. The van der Waals surface area contributed by atoms with E-state index in [1.54, 1.807) is 0 Å². The summed E-state index contributed by atoms with van der Waals surface area (Å²) in [5.74, 6) is 0.974. The number of hydrogen-bond donors (Lipinski definition) is 2. The third kappa shape index (κ3) is 5.36. The Morgan fingerprint density at radius 3 is 2.39 bits per heavy atom. The molecular weight excluding hydrogens is 226 g/mol. The molecule has 1 aliphatic rings. The van der Waals surface area contributed by atoms with Gasteiger partial charge in [-0.2, -0.15) is 0 Å². The molecule has 0 spiro atoms. The van der Waals surface area contributed by atoms with E-state index >= 15 is 0 Å². The van der Waals surface area contributed by atoms with Crippen LogP contribution in [0.25, 0.3) is 0 Å². The molecule has 1 fully saturated rings. The van der Waals surface area contributed by atoms with Crippen molar-refractivity contribution in [2.75, 3.05) is 33.2 Å². The summed E-state index contributed by atoms with van der Waals surface area (Å²) in [5, 5.41) is 6.22. The Morgan fingerprint density at radius 2 is 1.89 bits per heavy atom. The SMILES string of the molecule is CNCC(C)C(=O)NC1CCN(CC(C)C)CC1. The van der Waals surface area contributed by atoms with Crippen molar-refractivity contribution in [1.29, 1.82) is 0 Å². The van der Waals surface area contributed by atoms with Crippen molar-refractivity contribution in [2.24, 2.45) is 11.8 Å². The first-order valence-corrected chi connectivity index (χ1v) is 7.20. The zero-order valence-electron chi connectivity index (χ0n) is 12.3. The van der Waals surface area contributed by atoms with Crippen LogP contribution in [0.4, 0.5) is 0 Å². The van der Waals surface area contributed by atoms with E-state index < -0.39 is 0 Å². The molecule has 1 amide bonds. The summed E-state index contributed by atoms with van der Waals surface area (Å²) >= 11 is 0. The smallest absolute Gasteiger partial charge is 0.224 e. The van der Waals surface area contributed by atoms with Gasteiger partial charge in [-0.15, -0.1) is 0 Å². The summed E-state index contributed by atoms with van der Waals surface area (Å²) in [6.45, 7) is 10.6. The van der Waals surface area contributed by atoms with Gasteiger partial charge in [0.15, 0.2) is 0 Å². The van der Waals surface area contributed by atoms with E-state index in [9.17, 15) is 4.79 Å². The lowest BCUT2D eigenvalue weighted by molar-refractivity contribution is -0.125. The number of nitrogens with zero attached hydrogens (tertiary/aromatic N) is 1. The Kier molecular flexibility index (Phi) is 6.65. The predicted molar refractivity (Wildman–Crippen MR) is 75.5 cm³/mol. The van der Waals surface area contributed by atoms with E-state index in [-0.39, 0.29) is 11.8 Å². The number of piperidine rings is 1. The normalized spacial score (nSPS) is 20.1. The van der Waals surface area contributed by atoms with Crippen molar-refractivity contribution in [3.63, 3.8) is 0 Å². The summed E-state index contributed by atoms with van der Waals surface area (Å²) in [6, 6.07) is 0.375. The van der Waals surface area contributed by atoms with E-state index in [2.05, 4.69) is 29.4 Å². The predicted octanol–water partition coefficient (Wildman–Crippen LogP) is 1.08. The van der Waals surface area contributed by atoms with E-state index in [1.165, 1.54) is 6.54 Å². The summed E-state index contributed by atoms with van der Waals surface area (Å²) in [4.78, 5) is 14.4. The van der Waals surface area contributed by atoms with Gasteiger partial charge in [0.2, 0.25) is 5.91 Å². The van der Waals surface area contributed by atoms with Crippen molar-refractivity contribution in [3.05, 3.63) is 0 Å². The zero-order chi connectivity index (χ0) is 13.5. The van der Waals surface area contributed by atoms with Crippen LogP contribution < -0.4 is 10.6 Å². The number of nitrogens with one attached hydrogen (secondary N) is 2. The van der Waals surface area contributed by atoms with Gasteiger partial charge in [0.1, 0.15) is 0 Å². The average molecular weight is 255 g/mol. The van der Waals surface area contributed by atoms with Crippen molar-refractivity contribution in [1.82, 2.24) is 15.5 Å². The third-order valence-corrected chi connectivity index (χ3v) is 3.52. The second kappa shape index (κ2) is 7.74. The van der Waals surface area contributed by atoms with Crippen LogP contribution in [-0.2, 0) is 4.79 Å². The fourth-order valence-corrected chi connectivity index (χ4v) is 2.52. The quantitative estimate of drug-likeness (QED) is 0.746. The molecule has 2 N–H and O–H groups in total. The van der Waals surface area contributed by atoms with Crippen LogP contribution in [-0.4, -0.2) is 50.1 Å². The van der Waals surface area contributed by atoms with Crippen molar-refractivity contribution >= 4 is 5.91 Å². The fraction of sp³-hybridized carbons (Fsp3) is 0.929. The topological polar surface area (TPSA) is 44.4 Å². The van der Waals surface area contributed by atoms with Crippen LogP contribution in [0.3, 0.4) is 0 Å². The second-order valence-corrected chi connectivity index (χ2v) is 5.94. The summed E-state index contributed by atoms with van der Waals surface area (Å²) < 4.78 is 0. The minimum Gasteiger partial charge on any atom is -0.353 e. The molecule has 1 saturated heterocycles. The Hall–Kier alpha value is -0.610. The van der Waals surface area contributed by atoms with E-state index in [1.807, 2.05) is 14.0 Å². The van der Waals surface area contributed by atoms with Crippen LogP contribution in [0.2, 0.25) is 0 Å². The number of amides is 1. The number of carbonyl (C=O) groups excluding carboxylic acids is 1.